The predicted molar refractivity (Wildman–Crippen MR) is 162 cm³/mol. The number of rotatable bonds is 13. The Kier molecular flexibility index (Phi) is 11.1. The van der Waals surface area contributed by atoms with E-state index >= 15 is 0 Å². The van der Waals surface area contributed by atoms with Crippen LogP contribution in [0.5, 0.6) is 5.75 Å². The molecule has 2 aromatic carbocycles. The molecule has 4 rings (SSSR count). The third-order valence-electron chi connectivity index (χ3n) is 7.00. The van der Waals surface area contributed by atoms with Gasteiger partial charge >= 0.3 is 0 Å². The molecule has 0 aliphatic carbocycles. The smallest absolute Gasteiger partial charge is 0.258 e. The van der Waals surface area contributed by atoms with Crippen molar-refractivity contribution in [2.24, 2.45) is 11.8 Å². The van der Waals surface area contributed by atoms with Crippen LogP contribution in [-0.4, -0.2) is 62.5 Å². The normalized spacial score (nSPS) is 18.8. The molecule has 0 saturated carbocycles. The van der Waals surface area contributed by atoms with Crippen molar-refractivity contribution in [3.8, 4) is 5.75 Å². The van der Waals surface area contributed by atoms with Crippen molar-refractivity contribution in [2.75, 3.05) is 25.6 Å². The lowest BCUT2D eigenvalue weighted by atomic mass is 9.99. The lowest BCUT2D eigenvalue weighted by Gasteiger charge is -2.27. The van der Waals surface area contributed by atoms with Crippen LogP contribution in [0.25, 0.3) is 0 Å². The van der Waals surface area contributed by atoms with E-state index in [0.717, 1.165) is 21.2 Å². The number of methoxy groups -OCH3 is 1. The minimum Gasteiger partial charge on any atom is -0.484 e. The lowest BCUT2D eigenvalue weighted by molar-refractivity contribution is -0.135. The summed E-state index contributed by atoms with van der Waals surface area (Å²) in [7, 11) is 1.53. The molecular weight excluding hydrogens is 556 g/mol. The Labute approximate surface area is 252 Å². The van der Waals surface area contributed by atoms with Gasteiger partial charge in [0.15, 0.2) is 12.9 Å². The Bertz CT molecular complexity index is 1260. The fraction of sp³-hybridized carbons (Fsp3) is 0.516. The molecule has 10 nitrogen and oxygen atoms in total. The fourth-order valence-corrected chi connectivity index (χ4v) is 5.96. The summed E-state index contributed by atoms with van der Waals surface area (Å²) in [5, 5.41) is 12.1. The van der Waals surface area contributed by atoms with Crippen LogP contribution < -0.4 is 26.0 Å². The minimum absolute atomic E-state index is 0.129. The molecule has 1 fully saturated rings. The molecule has 0 radical (unpaired) electrons. The zero-order chi connectivity index (χ0) is 30.2. The molecule has 0 bridgehead atoms. The third-order valence-corrected chi connectivity index (χ3v) is 8.15. The SMILES string of the molecule is COC1OCC[C@@H]1NC(=O)[C@H](CC(C)C)NC(=O)[C@H](CC(C)C)NC(=O)COc1ccc2c(c1)Nc1ccccc1S2. The Morgan fingerprint density at radius 3 is 2.36 bits per heavy atom. The van der Waals surface area contributed by atoms with E-state index in [2.05, 4.69) is 27.3 Å². The summed E-state index contributed by atoms with van der Waals surface area (Å²) in [4.78, 5) is 41.7. The highest BCUT2D eigenvalue weighted by atomic mass is 32.2. The monoisotopic (exact) mass is 598 g/mol. The maximum atomic E-state index is 13.4. The number of benzene rings is 2. The van der Waals surface area contributed by atoms with Crippen LogP contribution in [0.2, 0.25) is 0 Å². The molecule has 2 aliphatic heterocycles. The van der Waals surface area contributed by atoms with E-state index in [0.29, 0.717) is 31.6 Å². The van der Waals surface area contributed by atoms with Gasteiger partial charge in [-0.1, -0.05) is 51.6 Å². The van der Waals surface area contributed by atoms with Crippen molar-refractivity contribution in [3.63, 3.8) is 0 Å². The molecule has 1 saturated heterocycles. The summed E-state index contributed by atoms with van der Waals surface area (Å²) in [5.74, 6) is -0.294. The molecule has 228 valence electrons. The van der Waals surface area contributed by atoms with Crippen LogP contribution >= 0.6 is 11.8 Å². The summed E-state index contributed by atoms with van der Waals surface area (Å²) in [5.41, 5.74) is 1.93. The summed E-state index contributed by atoms with van der Waals surface area (Å²) in [6.45, 7) is 8.17. The summed E-state index contributed by atoms with van der Waals surface area (Å²) < 4.78 is 16.6. The van der Waals surface area contributed by atoms with E-state index in [9.17, 15) is 14.4 Å². The van der Waals surface area contributed by atoms with Gasteiger partial charge in [-0.25, -0.2) is 0 Å². The van der Waals surface area contributed by atoms with Gasteiger partial charge in [0.1, 0.15) is 17.8 Å². The largest absolute Gasteiger partial charge is 0.484 e. The number of nitrogens with one attached hydrogen (secondary N) is 4. The van der Waals surface area contributed by atoms with Crippen molar-refractivity contribution in [2.45, 2.75) is 81.2 Å². The Balaban J connectivity index is 1.35. The number of hydrogen-bond acceptors (Lipinski definition) is 8. The highest BCUT2D eigenvalue weighted by molar-refractivity contribution is 7.99. The molecule has 4 N–H and O–H groups in total. The predicted octanol–water partition coefficient (Wildman–Crippen LogP) is 4.21. The lowest BCUT2D eigenvalue weighted by Crippen LogP contribution is -2.56. The number of amides is 3. The van der Waals surface area contributed by atoms with Gasteiger partial charge in [-0.15, -0.1) is 0 Å². The average molecular weight is 599 g/mol. The zero-order valence-electron chi connectivity index (χ0n) is 24.9. The first-order chi connectivity index (χ1) is 20.1. The van der Waals surface area contributed by atoms with Crippen molar-refractivity contribution in [1.29, 1.82) is 0 Å². The number of para-hydroxylation sites is 1. The second-order valence-electron chi connectivity index (χ2n) is 11.5. The number of carbonyl (C=O) groups excluding carboxylic acids is 3. The first-order valence-electron chi connectivity index (χ1n) is 14.5. The van der Waals surface area contributed by atoms with Crippen molar-refractivity contribution in [3.05, 3.63) is 42.5 Å². The van der Waals surface area contributed by atoms with Crippen LogP contribution in [0.4, 0.5) is 11.4 Å². The van der Waals surface area contributed by atoms with Crippen molar-refractivity contribution < 1.29 is 28.6 Å². The van der Waals surface area contributed by atoms with Gasteiger partial charge in [0.2, 0.25) is 11.8 Å². The highest BCUT2D eigenvalue weighted by Crippen LogP contribution is 2.45. The highest BCUT2D eigenvalue weighted by Gasteiger charge is 2.33. The van der Waals surface area contributed by atoms with Crippen LogP contribution in [0.3, 0.4) is 0 Å². The molecule has 0 aromatic heterocycles. The van der Waals surface area contributed by atoms with E-state index in [1.54, 1.807) is 11.8 Å². The van der Waals surface area contributed by atoms with Gasteiger partial charge in [-0.05, 0) is 55.4 Å². The van der Waals surface area contributed by atoms with Gasteiger partial charge in [-0.2, -0.15) is 0 Å². The summed E-state index contributed by atoms with van der Waals surface area (Å²) in [6.07, 6.45) is 0.974. The standard InChI is InChI=1S/C31H42N4O6S/c1-18(2)14-24(29(37)35-25(15-19(3)4)30(38)34-22-12-13-40-31(22)39-5)33-28(36)17-41-20-10-11-27-23(16-20)32-21-8-6-7-9-26(21)42-27/h6-11,16,18-19,22,24-25,31-32H,12-15,17H2,1-5H3,(H,33,36)(H,34,38)(H,35,37)/t22-,24-,25-,31?/m0/s1. The number of carbonyl (C=O) groups is 3. The van der Waals surface area contributed by atoms with Crippen LogP contribution in [-0.2, 0) is 23.9 Å². The molecule has 11 heteroatoms. The minimum atomic E-state index is -0.816. The first-order valence-corrected chi connectivity index (χ1v) is 15.3. The van der Waals surface area contributed by atoms with E-state index in [4.69, 9.17) is 14.2 Å². The van der Waals surface area contributed by atoms with E-state index in [1.807, 2.05) is 64.1 Å². The number of hydrogen-bond donors (Lipinski definition) is 4. The number of ether oxygens (including phenoxy) is 3. The van der Waals surface area contributed by atoms with Gasteiger partial charge < -0.3 is 35.5 Å². The van der Waals surface area contributed by atoms with Crippen molar-refractivity contribution >= 4 is 40.9 Å². The number of fused-ring (bicyclic) bond motifs is 2. The average Bonchev–Trinajstić information content (AvgIpc) is 3.40. The Hall–Kier alpha value is -3.28. The van der Waals surface area contributed by atoms with Gasteiger partial charge in [0, 0.05) is 23.0 Å². The van der Waals surface area contributed by atoms with Gasteiger partial charge in [-0.3, -0.25) is 14.4 Å². The van der Waals surface area contributed by atoms with E-state index in [1.165, 1.54) is 7.11 Å². The van der Waals surface area contributed by atoms with Crippen LogP contribution in [0.1, 0.15) is 47.0 Å². The Morgan fingerprint density at radius 2 is 1.64 bits per heavy atom. The molecule has 2 aromatic rings. The molecule has 42 heavy (non-hydrogen) atoms. The molecule has 2 heterocycles. The second-order valence-corrected chi connectivity index (χ2v) is 12.6. The molecule has 3 amide bonds. The molecular formula is C31H42N4O6S. The second kappa shape index (κ2) is 14.8. The van der Waals surface area contributed by atoms with E-state index < -0.39 is 30.2 Å². The third kappa shape index (κ3) is 8.62. The maximum Gasteiger partial charge on any atom is 0.258 e. The zero-order valence-corrected chi connectivity index (χ0v) is 25.7. The molecule has 0 spiro atoms. The molecule has 4 atom stereocenters. The van der Waals surface area contributed by atoms with Crippen molar-refractivity contribution in [1.82, 2.24) is 16.0 Å². The molecule has 1 unspecified atom stereocenters. The van der Waals surface area contributed by atoms with Crippen LogP contribution in [0.15, 0.2) is 52.3 Å². The number of anilines is 2. The molecule has 2 aliphatic rings. The van der Waals surface area contributed by atoms with Crippen LogP contribution in [0, 0.1) is 11.8 Å². The van der Waals surface area contributed by atoms with E-state index in [-0.39, 0.29) is 30.4 Å². The van der Waals surface area contributed by atoms with Gasteiger partial charge in [0.05, 0.1) is 24.0 Å². The van der Waals surface area contributed by atoms with Gasteiger partial charge in [0.25, 0.3) is 5.91 Å². The summed E-state index contributed by atoms with van der Waals surface area (Å²) in [6, 6.07) is 11.8. The Morgan fingerprint density at radius 1 is 0.952 bits per heavy atom. The topological polar surface area (TPSA) is 127 Å². The maximum absolute atomic E-state index is 13.4. The first kappa shape index (κ1) is 31.7. The quantitative estimate of drug-likeness (QED) is 0.231. The fourth-order valence-electron chi connectivity index (χ4n) is 4.99. The summed E-state index contributed by atoms with van der Waals surface area (Å²) >= 11 is 1.67.